The minimum absolute atomic E-state index is 0.0651. The molecule has 1 unspecified atom stereocenters. The first-order valence-corrected chi connectivity index (χ1v) is 16.9. The number of aromatic nitrogens is 1. The second-order valence-corrected chi connectivity index (χ2v) is 13.1. The number of benzene rings is 5. The quantitative estimate of drug-likeness (QED) is 0.0528. The molecule has 0 radical (unpaired) electrons. The van der Waals surface area contributed by atoms with Crippen molar-refractivity contribution in [2.24, 2.45) is 11.1 Å². The summed E-state index contributed by atoms with van der Waals surface area (Å²) in [6.45, 7) is 6.79. The summed E-state index contributed by atoms with van der Waals surface area (Å²) in [5.74, 6) is 0.0477. The Kier molecular flexibility index (Phi) is 8.14. The molecular weight excluding hydrogens is 589 g/mol. The topological polar surface area (TPSA) is 60.7 Å². The lowest BCUT2D eigenvalue weighted by Gasteiger charge is -2.18. The third-order valence-corrected chi connectivity index (χ3v) is 10.3. The molecule has 230 valence electrons. The number of carbonyl (C=O) groups excluding carboxylic acids is 1. The Morgan fingerprint density at radius 2 is 1.54 bits per heavy atom. The fourth-order valence-electron chi connectivity index (χ4n) is 6.83. The Hall–Kier alpha value is -4.81. The second kappa shape index (κ2) is 12.5. The SMILES string of the molecule is CCCCC(CC)Cn1c2ccc(/C(=N\OC(C)=O)c3ccccc3)cc2c2c3sc4ccccc4c(=O)c3c3ccccc3c21. The summed E-state index contributed by atoms with van der Waals surface area (Å²) in [5, 5.41) is 10.1. The van der Waals surface area contributed by atoms with Crippen LogP contribution in [0, 0.1) is 5.92 Å². The van der Waals surface area contributed by atoms with Gasteiger partial charge < -0.3 is 9.40 Å². The molecule has 6 heteroatoms. The zero-order valence-corrected chi connectivity index (χ0v) is 27.2. The molecule has 2 heterocycles. The van der Waals surface area contributed by atoms with Crippen LogP contribution < -0.4 is 5.43 Å². The number of unbranched alkanes of at least 4 members (excludes halogenated alkanes) is 1. The summed E-state index contributed by atoms with van der Waals surface area (Å²) >= 11 is 1.69. The highest BCUT2D eigenvalue weighted by Gasteiger charge is 2.23. The van der Waals surface area contributed by atoms with Crippen LogP contribution in [0.1, 0.15) is 57.6 Å². The largest absolute Gasteiger partial charge is 0.340 e. The van der Waals surface area contributed by atoms with Gasteiger partial charge in [0.2, 0.25) is 0 Å². The molecule has 0 saturated carbocycles. The standard InChI is InChI=1S/C40H36N2O3S/c1-4-6-14-26(5-2)24-42-33-22-21-28(37(41-45-25(3)43)27-15-8-7-9-16-27)23-32(33)35-38(42)30-18-11-10-17-29(30)36-39(44)31-19-12-13-20-34(31)46-40(35)36/h7-13,15-23,26H,4-6,14,24H2,1-3H3/b41-37-. The van der Waals surface area contributed by atoms with E-state index in [0.717, 1.165) is 76.8 Å². The first-order chi connectivity index (χ1) is 22.5. The van der Waals surface area contributed by atoms with Gasteiger partial charge in [-0.1, -0.05) is 111 Å². The van der Waals surface area contributed by atoms with E-state index in [1.54, 1.807) is 11.3 Å². The Morgan fingerprint density at radius 3 is 2.28 bits per heavy atom. The van der Waals surface area contributed by atoms with Crippen molar-refractivity contribution in [1.82, 2.24) is 4.57 Å². The van der Waals surface area contributed by atoms with Crippen LogP contribution >= 0.6 is 11.3 Å². The van der Waals surface area contributed by atoms with Gasteiger partial charge in [-0.15, -0.1) is 11.3 Å². The van der Waals surface area contributed by atoms with Gasteiger partial charge in [0, 0.05) is 66.4 Å². The van der Waals surface area contributed by atoms with E-state index in [1.165, 1.54) is 26.2 Å². The maximum absolute atomic E-state index is 14.3. The molecule has 2 aromatic heterocycles. The number of hydrogen-bond acceptors (Lipinski definition) is 5. The van der Waals surface area contributed by atoms with Crippen LogP contribution in [0.3, 0.4) is 0 Å². The van der Waals surface area contributed by atoms with Crippen molar-refractivity contribution < 1.29 is 9.63 Å². The van der Waals surface area contributed by atoms with Crippen LogP contribution in [0.25, 0.3) is 52.8 Å². The maximum Gasteiger partial charge on any atom is 0.332 e. The fourth-order valence-corrected chi connectivity index (χ4v) is 8.08. The Labute approximate surface area is 271 Å². The van der Waals surface area contributed by atoms with Crippen molar-refractivity contribution in [2.45, 2.75) is 53.0 Å². The minimum Gasteiger partial charge on any atom is -0.340 e. The van der Waals surface area contributed by atoms with Gasteiger partial charge in [-0.2, -0.15) is 0 Å². The Balaban J connectivity index is 1.63. The molecule has 0 amide bonds. The van der Waals surface area contributed by atoms with E-state index in [-0.39, 0.29) is 5.43 Å². The van der Waals surface area contributed by atoms with Gasteiger partial charge in [-0.05, 0) is 42.0 Å². The van der Waals surface area contributed by atoms with Crippen LogP contribution in [0.5, 0.6) is 0 Å². The summed E-state index contributed by atoms with van der Waals surface area (Å²) in [6.07, 6.45) is 4.63. The van der Waals surface area contributed by atoms with Gasteiger partial charge >= 0.3 is 5.97 Å². The Bertz CT molecular complexity index is 2350. The van der Waals surface area contributed by atoms with E-state index in [4.69, 9.17) is 4.84 Å². The van der Waals surface area contributed by atoms with Crippen LogP contribution in [-0.4, -0.2) is 16.2 Å². The lowest BCUT2D eigenvalue weighted by atomic mass is 9.98. The van der Waals surface area contributed by atoms with Crippen molar-refractivity contribution in [3.8, 4) is 0 Å². The van der Waals surface area contributed by atoms with Gasteiger partial charge in [-0.25, -0.2) is 4.79 Å². The van der Waals surface area contributed by atoms with E-state index in [9.17, 15) is 9.59 Å². The molecule has 5 nitrogen and oxygen atoms in total. The molecule has 0 saturated heterocycles. The number of oxime groups is 1. The zero-order valence-electron chi connectivity index (χ0n) is 26.4. The highest BCUT2D eigenvalue weighted by atomic mass is 32.1. The van der Waals surface area contributed by atoms with Gasteiger partial charge in [0.05, 0.1) is 5.52 Å². The maximum atomic E-state index is 14.3. The molecule has 0 spiro atoms. The van der Waals surface area contributed by atoms with Crippen molar-refractivity contribution in [3.05, 3.63) is 118 Å². The number of rotatable bonds is 9. The van der Waals surface area contributed by atoms with E-state index in [2.05, 4.69) is 60.0 Å². The summed E-state index contributed by atoms with van der Waals surface area (Å²) < 4.78 is 4.47. The molecule has 0 aliphatic heterocycles. The number of nitrogens with zero attached hydrogens (tertiary/aromatic N) is 2. The van der Waals surface area contributed by atoms with E-state index < -0.39 is 5.97 Å². The highest BCUT2D eigenvalue weighted by Crippen LogP contribution is 2.43. The predicted octanol–water partition coefficient (Wildman–Crippen LogP) is 10.2. The fraction of sp³-hybridized carbons (Fsp3) is 0.225. The van der Waals surface area contributed by atoms with Gasteiger partial charge in [0.1, 0.15) is 5.71 Å². The average molecular weight is 625 g/mol. The van der Waals surface area contributed by atoms with Crippen LogP contribution in [0.4, 0.5) is 0 Å². The predicted molar refractivity (Wildman–Crippen MR) is 193 cm³/mol. The third-order valence-electron chi connectivity index (χ3n) is 9.11. The number of carbonyl (C=O) groups is 1. The summed E-state index contributed by atoms with van der Waals surface area (Å²) in [6, 6.07) is 32.5. The summed E-state index contributed by atoms with van der Waals surface area (Å²) in [4.78, 5) is 31.3. The molecule has 0 fully saturated rings. The van der Waals surface area contributed by atoms with Crippen molar-refractivity contribution >= 4 is 75.8 Å². The van der Waals surface area contributed by atoms with Crippen LogP contribution in [0.15, 0.2) is 107 Å². The summed E-state index contributed by atoms with van der Waals surface area (Å²) in [5.41, 5.74) is 4.62. The molecule has 7 aromatic rings. The van der Waals surface area contributed by atoms with Crippen LogP contribution in [-0.2, 0) is 16.2 Å². The van der Waals surface area contributed by atoms with Gasteiger partial charge in [0.15, 0.2) is 5.43 Å². The summed E-state index contributed by atoms with van der Waals surface area (Å²) in [7, 11) is 0. The molecule has 46 heavy (non-hydrogen) atoms. The third kappa shape index (κ3) is 5.17. The number of fused-ring (bicyclic) bond motifs is 9. The molecule has 5 aromatic carbocycles. The second-order valence-electron chi connectivity index (χ2n) is 12.0. The molecule has 1 atom stereocenters. The lowest BCUT2D eigenvalue weighted by Crippen LogP contribution is -2.11. The molecule has 0 N–H and O–H groups in total. The molecule has 0 aliphatic rings. The van der Waals surface area contributed by atoms with Gasteiger partial charge in [-0.3, -0.25) is 4.79 Å². The smallest absolute Gasteiger partial charge is 0.332 e. The monoisotopic (exact) mass is 624 g/mol. The van der Waals surface area contributed by atoms with Crippen LogP contribution in [0.2, 0.25) is 0 Å². The minimum atomic E-state index is -0.474. The zero-order chi connectivity index (χ0) is 31.8. The number of hydrogen-bond donors (Lipinski definition) is 0. The van der Waals surface area contributed by atoms with Gasteiger partial charge in [0.25, 0.3) is 0 Å². The first-order valence-electron chi connectivity index (χ1n) is 16.1. The van der Waals surface area contributed by atoms with Crippen molar-refractivity contribution in [2.75, 3.05) is 0 Å². The van der Waals surface area contributed by atoms with Crippen molar-refractivity contribution in [1.29, 1.82) is 0 Å². The Morgan fingerprint density at radius 1 is 0.826 bits per heavy atom. The van der Waals surface area contributed by atoms with Crippen molar-refractivity contribution in [3.63, 3.8) is 0 Å². The van der Waals surface area contributed by atoms with E-state index in [0.29, 0.717) is 11.6 Å². The first kappa shape index (κ1) is 29.9. The molecule has 0 aliphatic carbocycles. The van der Waals surface area contributed by atoms with E-state index in [1.807, 2.05) is 60.7 Å². The molecular formula is C40H36N2O3S. The normalized spacial score (nSPS) is 12.9. The molecule has 7 rings (SSSR count). The average Bonchev–Trinajstić information content (AvgIpc) is 3.40. The highest BCUT2D eigenvalue weighted by molar-refractivity contribution is 7.25. The lowest BCUT2D eigenvalue weighted by molar-refractivity contribution is -0.140. The van der Waals surface area contributed by atoms with E-state index >= 15 is 0 Å². The molecule has 0 bridgehead atoms.